The third-order valence-electron chi connectivity index (χ3n) is 5.24. The summed E-state index contributed by atoms with van der Waals surface area (Å²) in [6.07, 6.45) is 1.15. The molecule has 4 aliphatic heterocycles. The normalized spacial score (nSPS) is 31.2. The van der Waals surface area contributed by atoms with E-state index in [0.29, 0.717) is 6.04 Å². The van der Waals surface area contributed by atoms with E-state index in [2.05, 4.69) is 32.3 Å². The zero-order chi connectivity index (χ0) is 16.6. The van der Waals surface area contributed by atoms with Gasteiger partial charge in [0.25, 0.3) is 0 Å². The molecule has 0 aromatic carbocycles. The minimum atomic E-state index is 0.594. The van der Waals surface area contributed by atoms with E-state index in [1.54, 1.807) is 0 Å². The lowest BCUT2D eigenvalue weighted by Gasteiger charge is -2.47. The van der Waals surface area contributed by atoms with Crippen molar-refractivity contribution >= 4 is 5.96 Å². The molecule has 1 atom stereocenters. The summed E-state index contributed by atoms with van der Waals surface area (Å²) in [5.74, 6) is 0.970. The first-order valence-electron chi connectivity index (χ1n) is 9.64. The Balaban J connectivity index is 1.37. The van der Waals surface area contributed by atoms with Gasteiger partial charge in [-0.15, -0.1) is 0 Å². The number of morpholine rings is 1. The molecule has 4 aliphatic rings. The molecule has 0 radical (unpaired) electrons. The summed E-state index contributed by atoms with van der Waals surface area (Å²) < 4.78 is 5.39. The predicted octanol–water partition coefficient (Wildman–Crippen LogP) is -0.736. The van der Waals surface area contributed by atoms with Gasteiger partial charge in [-0.25, -0.2) is 0 Å². The van der Waals surface area contributed by atoms with Crippen LogP contribution in [-0.2, 0) is 4.74 Å². The van der Waals surface area contributed by atoms with Crippen molar-refractivity contribution in [2.45, 2.75) is 19.4 Å². The van der Waals surface area contributed by atoms with E-state index in [4.69, 9.17) is 9.73 Å². The Hall–Kier alpha value is -0.890. The fourth-order valence-corrected chi connectivity index (χ4v) is 3.77. The van der Waals surface area contributed by atoms with Crippen molar-refractivity contribution < 1.29 is 4.74 Å². The van der Waals surface area contributed by atoms with Crippen molar-refractivity contribution in [3.05, 3.63) is 0 Å². The Morgan fingerprint density at radius 1 is 1.08 bits per heavy atom. The molecule has 0 aromatic heterocycles. The first kappa shape index (κ1) is 17.9. The number of nitrogens with zero attached hydrogens (tertiary/aromatic N) is 4. The molecule has 138 valence electrons. The van der Waals surface area contributed by atoms with E-state index in [1.165, 1.54) is 32.7 Å². The number of piperazine rings is 3. The Bertz CT molecular complexity index is 391. The van der Waals surface area contributed by atoms with Crippen LogP contribution >= 0.6 is 0 Å². The van der Waals surface area contributed by atoms with Gasteiger partial charge in [0, 0.05) is 64.9 Å². The van der Waals surface area contributed by atoms with Crippen LogP contribution in [-0.4, -0.2) is 112 Å². The van der Waals surface area contributed by atoms with Crippen LogP contribution in [0.1, 0.15) is 13.3 Å². The largest absolute Gasteiger partial charge is 0.379 e. The summed E-state index contributed by atoms with van der Waals surface area (Å²) in [5.41, 5.74) is 0. The SMILES string of the molecule is CCNC(=NCC1CN2CCN1CC2)NCCCN1CCOCC1. The van der Waals surface area contributed by atoms with Crippen molar-refractivity contribution in [2.75, 3.05) is 85.2 Å². The summed E-state index contributed by atoms with van der Waals surface area (Å²) in [4.78, 5) is 12.5. The molecule has 2 N–H and O–H groups in total. The number of rotatable bonds is 7. The summed E-state index contributed by atoms with van der Waals surface area (Å²) in [6, 6.07) is 0.594. The Morgan fingerprint density at radius 2 is 1.88 bits per heavy atom. The number of aliphatic imine (C=N–C) groups is 1. The first-order valence-corrected chi connectivity index (χ1v) is 9.64. The molecule has 0 spiro atoms. The standard InChI is InChI=1S/C17H34N6O/c1-2-18-17(19-4-3-5-21-10-12-24-13-11-21)20-14-16-15-22-6-8-23(16)9-7-22/h16H,2-15H2,1H3,(H2,18,19,20). The van der Waals surface area contributed by atoms with Gasteiger partial charge in [0.1, 0.15) is 0 Å². The number of hydrogen-bond acceptors (Lipinski definition) is 5. The molecule has 24 heavy (non-hydrogen) atoms. The number of fused-ring (bicyclic) bond motifs is 3. The molecular formula is C17H34N6O. The lowest BCUT2D eigenvalue weighted by atomic mass is 10.1. The maximum absolute atomic E-state index is 5.39. The number of hydrogen-bond donors (Lipinski definition) is 2. The summed E-state index contributed by atoms with van der Waals surface area (Å²) in [6.45, 7) is 16.0. The van der Waals surface area contributed by atoms with Crippen LogP contribution < -0.4 is 10.6 Å². The Kier molecular flexibility index (Phi) is 7.13. The summed E-state index contributed by atoms with van der Waals surface area (Å²) >= 11 is 0. The highest BCUT2D eigenvalue weighted by molar-refractivity contribution is 5.79. The first-order chi connectivity index (χ1) is 11.8. The fraction of sp³-hybridized carbons (Fsp3) is 0.941. The molecule has 4 saturated heterocycles. The van der Waals surface area contributed by atoms with Gasteiger partial charge in [-0.05, 0) is 19.9 Å². The Morgan fingerprint density at radius 3 is 2.54 bits per heavy atom. The molecule has 0 aromatic rings. The van der Waals surface area contributed by atoms with Crippen LogP contribution in [0.25, 0.3) is 0 Å². The highest BCUT2D eigenvalue weighted by atomic mass is 16.5. The van der Waals surface area contributed by atoms with Crippen LogP contribution in [0.5, 0.6) is 0 Å². The van der Waals surface area contributed by atoms with Crippen molar-refractivity contribution in [3.8, 4) is 0 Å². The van der Waals surface area contributed by atoms with E-state index >= 15 is 0 Å². The predicted molar refractivity (Wildman–Crippen MR) is 97.7 cm³/mol. The molecule has 4 heterocycles. The maximum atomic E-state index is 5.39. The van der Waals surface area contributed by atoms with Crippen LogP contribution in [0.15, 0.2) is 4.99 Å². The lowest BCUT2D eigenvalue weighted by Crippen LogP contribution is -2.62. The van der Waals surface area contributed by atoms with E-state index < -0.39 is 0 Å². The van der Waals surface area contributed by atoms with Gasteiger partial charge in [0.05, 0.1) is 19.8 Å². The van der Waals surface area contributed by atoms with Crippen molar-refractivity contribution in [1.29, 1.82) is 0 Å². The van der Waals surface area contributed by atoms with Crippen LogP contribution in [0.3, 0.4) is 0 Å². The van der Waals surface area contributed by atoms with Gasteiger partial charge >= 0.3 is 0 Å². The quantitative estimate of drug-likeness (QED) is 0.362. The molecule has 2 bridgehead atoms. The second-order valence-electron chi connectivity index (χ2n) is 6.94. The van der Waals surface area contributed by atoms with Gasteiger partial charge in [0.15, 0.2) is 5.96 Å². The highest BCUT2D eigenvalue weighted by Crippen LogP contribution is 2.15. The van der Waals surface area contributed by atoms with Gasteiger partial charge in [0.2, 0.25) is 0 Å². The minimum absolute atomic E-state index is 0.594. The van der Waals surface area contributed by atoms with Gasteiger partial charge < -0.3 is 15.4 Å². The van der Waals surface area contributed by atoms with Crippen molar-refractivity contribution in [2.24, 2.45) is 4.99 Å². The third kappa shape index (κ3) is 5.31. The smallest absolute Gasteiger partial charge is 0.191 e. The van der Waals surface area contributed by atoms with Crippen LogP contribution in [0.2, 0.25) is 0 Å². The lowest BCUT2D eigenvalue weighted by molar-refractivity contribution is 0.0174. The average Bonchev–Trinajstić information content (AvgIpc) is 2.65. The molecule has 7 heteroatoms. The number of nitrogens with one attached hydrogen (secondary N) is 2. The minimum Gasteiger partial charge on any atom is -0.379 e. The molecule has 0 saturated carbocycles. The second kappa shape index (κ2) is 9.56. The third-order valence-corrected chi connectivity index (χ3v) is 5.24. The van der Waals surface area contributed by atoms with E-state index in [-0.39, 0.29) is 0 Å². The molecular weight excluding hydrogens is 304 g/mol. The van der Waals surface area contributed by atoms with Crippen LogP contribution in [0.4, 0.5) is 0 Å². The Labute approximate surface area is 146 Å². The van der Waals surface area contributed by atoms with Gasteiger partial charge in [-0.3, -0.25) is 19.7 Å². The average molecular weight is 339 g/mol. The monoisotopic (exact) mass is 338 g/mol. The number of guanidine groups is 1. The zero-order valence-corrected chi connectivity index (χ0v) is 15.2. The maximum Gasteiger partial charge on any atom is 0.191 e. The van der Waals surface area contributed by atoms with Gasteiger partial charge in [-0.2, -0.15) is 0 Å². The number of ether oxygens (including phenoxy) is 1. The zero-order valence-electron chi connectivity index (χ0n) is 15.2. The molecule has 0 amide bonds. The van der Waals surface area contributed by atoms with E-state index in [9.17, 15) is 0 Å². The molecule has 0 aliphatic carbocycles. The molecule has 4 rings (SSSR count). The van der Waals surface area contributed by atoms with Crippen LogP contribution in [0, 0.1) is 0 Å². The van der Waals surface area contributed by atoms with E-state index in [0.717, 1.165) is 64.9 Å². The van der Waals surface area contributed by atoms with Crippen molar-refractivity contribution in [1.82, 2.24) is 25.3 Å². The summed E-state index contributed by atoms with van der Waals surface area (Å²) in [5, 5.41) is 6.87. The summed E-state index contributed by atoms with van der Waals surface area (Å²) in [7, 11) is 0. The topological polar surface area (TPSA) is 55.4 Å². The highest BCUT2D eigenvalue weighted by Gasteiger charge is 2.31. The van der Waals surface area contributed by atoms with Crippen molar-refractivity contribution in [3.63, 3.8) is 0 Å². The fourth-order valence-electron chi connectivity index (χ4n) is 3.77. The molecule has 4 fully saturated rings. The van der Waals surface area contributed by atoms with Gasteiger partial charge in [-0.1, -0.05) is 0 Å². The molecule has 7 nitrogen and oxygen atoms in total. The van der Waals surface area contributed by atoms with E-state index in [1.807, 2.05) is 0 Å². The second-order valence-corrected chi connectivity index (χ2v) is 6.94. The molecule has 1 unspecified atom stereocenters.